The molecule has 0 radical (unpaired) electrons. The van der Waals surface area contributed by atoms with Crippen molar-refractivity contribution in [3.63, 3.8) is 0 Å². The second kappa shape index (κ2) is 12.6. The van der Waals surface area contributed by atoms with Gasteiger partial charge in [-0.05, 0) is 38.9 Å². The van der Waals surface area contributed by atoms with Gasteiger partial charge >= 0.3 is 6.09 Å². The second-order valence-electron chi connectivity index (χ2n) is 11.0. The van der Waals surface area contributed by atoms with Crippen LogP contribution in [0.4, 0.5) is 4.79 Å². The van der Waals surface area contributed by atoms with E-state index in [1.165, 1.54) is 4.90 Å². The molecule has 0 bridgehead atoms. The molecule has 5 aromatic carbocycles. The Kier molecular flexibility index (Phi) is 8.26. The summed E-state index contributed by atoms with van der Waals surface area (Å²) in [5, 5.41) is 10.8. The number of carbonyl (C=O) groups excluding carboxylic acids is 2. The molecule has 5 aromatic rings. The van der Waals surface area contributed by atoms with Crippen LogP contribution in [0.2, 0.25) is 0 Å². The zero-order chi connectivity index (χ0) is 30.5. The van der Waals surface area contributed by atoms with Crippen LogP contribution in [0.15, 0.2) is 140 Å². The third-order valence-electron chi connectivity index (χ3n) is 8.48. The molecule has 220 valence electrons. The van der Waals surface area contributed by atoms with Gasteiger partial charge in [0.2, 0.25) is 5.91 Å². The number of hydrogen-bond donors (Lipinski definition) is 2. The Morgan fingerprint density at radius 2 is 1.09 bits per heavy atom. The Labute approximate surface area is 257 Å². The second-order valence-corrected chi connectivity index (χ2v) is 11.0. The van der Waals surface area contributed by atoms with E-state index in [1.807, 2.05) is 115 Å². The monoisotopic (exact) mass is 582 g/mol. The third kappa shape index (κ3) is 5.14. The Bertz CT molecular complexity index is 1600. The zero-order valence-corrected chi connectivity index (χ0v) is 24.3. The SMILES string of the molecule is NC(=O)C[C@H](CO)N(C(=O)OCC1c2ccccc2-c2ccccc21)C(c1ccccc1)(c1ccccc1)c1ccccc1. The number of aliphatic hydroxyl groups is 1. The molecule has 0 heterocycles. The molecule has 0 unspecified atom stereocenters. The van der Waals surface area contributed by atoms with Crippen molar-refractivity contribution in [2.75, 3.05) is 13.2 Å². The van der Waals surface area contributed by atoms with Gasteiger partial charge in [0.05, 0.1) is 12.6 Å². The molecule has 44 heavy (non-hydrogen) atoms. The first kappa shape index (κ1) is 28.9. The standard InChI is InChI=1S/C38H34N2O4/c39-36(42)24-30(25-41)40(37(43)44-26-35-33-22-12-10-20-31(33)32-21-11-13-23-34(32)35)38(27-14-4-1-5-15-27,28-16-6-2-7-17-28)29-18-8-3-9-19-29/h1-23,30,35,41H,24-26H2,(H2,39,42)/t30-/m1/s1. The van der Waals surface area contributed by atoms with Crippen LogP contribution in [0.1, 0.15) is 40.2 Å². The van der Waals surface area contributed by atoms with E-state index in [0.717, 1.165) is 38.9 Å². The van der Waals surface area contributed by atoms with Gasteiger partial charge in [0.1, 0.15) is 12.1 Å². The molecule has 0 aliphatic heterocycles. The number of nitrogens with zero attached hydrogens (tertiary/aromatic N) is 1. The number of ether oxygens (including phenoxy) is 1. The number of primary amides is 1. The lowest BCUT2D eigenvalue weighted by Crippen LogP contribution is -2.58. The molecule has 0 saturated carbocycles. The highest BCUT2D eigenvalue weighted by atomic mass is 16.6. The summed E-state index contributed by atoms with van der Waals surface area (Å²) in [5.74, 6) is -0.805. The fraction of sp³-hybridized carbons (Fsp3) is 0.158. The summed E-state index contributed by atoms with van der Waals surface area (Å²) >= 11 is 0. The highest BCUT2D eigenvalue weighted by Gasteiger charge is 2.49. The lowest BCUT2D eigenvalue weighted by atomic mass is 9.74. The molecule has 6 nitrogen and oxygen atoms in total. The lowest BCUT2D eigenvalue weighted by molar-refractivity contribution is -0.119. The fourth-order valence-electron chi connectivity index (χ4n) is 6.65. The van der Waals surface area contributed by atoms with Gasteiger partial charge in [-0.2, -0.15) is 0 Å². The van der Waals surface area contributed by atoms with Gasteiger partial charge in [-0.3, -0.25) is 9.69 Å². The fourth-order valence-corrected chi connectivity index (χ4v) is 6.65. The molecule has 0 fully saturated rings. The number of benzene rings is 5. The van der Waals surface area contributed by atoms with Crippen LogP contribution in [0.3, 0.4) is 0 Å². The molecular formula is C38H34N2O4. The predicted molar refractivity (Wildman–Crippen MR) is 171 cm³/mol. The summed E-state index contributed by atoms with van der Waals surface area (Å²) in [4.78, 5) is 28.6. The highest BCUT2D eigenvalue weighted by Crippen LogP contribution is 2.46. The van der Waals surface area contributed by atoms with Crippen molar-refractivity contribution in [3.05, 3.63) is 167 Å². The van der Waals surface area contributed by atoms with E-state index in [9.17, 15) is 14.7 Å². The first-order valence-corrected chi connectivity index (χ1v) is 14.8. The minimum atomic E-state index is -1.27. The van der Waals surface area contributed by atoms with Gasteiger partial charge in [0.25, 0.3) is 0 Å². The largest absolute Gasteiger partial charge is 0.448 e. The van der Waals surface area contributed by atoms with Gasteiger partial charge in [-0.15, -0.1) is 0 Å². The summed E-state index contributed by atoms with van der Waals surface area (Å²) < 4.78 is 6.26. The average Bonchev–Trinajstić information content (AvgIpc) is 3.40. The number of amides is 2. The van der Waals surface area contributed by atoms with Crippen LogP contribution < -0.4 is 5.73 Å². The summed E-state index contributed by atoms with van der Waals surface area (Å²) in [6, 6.07) is 44.2. The van der Waals surface area contributed by atoms with Crippen molar-refractivity contribution in [2.24, 2.45) is 5.73 Å². The quantitative estimate of drug-likeness (QED) is 0.185. The molecule has 0 saturated heterocycles. The molecule has 0 aromatic heterocycles. The molecule has 3 N–H and O–H groups in total. The van der Waals surface area contributed by atoms with Crippen LogP contribution in [0.25, 0.3) is 11.1 Å². The molecule has 2 amide bonds. The molecule has 6 rings (SSSR count). The Morgan fingerprint density at radius 3 is 1.50 bits per heavy atom. The van der Waals surface area contributed by atoms with Crippen LogP contribution in [0, 0.1) is 0 Å². The molecular weight excluding hydrogens is 548 g/mol. The van der Waals surface area contributed by atoms with Gasteiger partial charge in [0, 0.05) is 12.3 Å². The average molecular weight is 583 g/mol. The number of fused-ring (bicyclic) bond motifs is 3. The van der Waals surface area contributed by atoms with Gasteiger partial charge in [-0.25, -0.2) is 4.79 Å². The maximum atomic E-state index is 14.7. The van der Waals surface area contributed by atoms with Gasteiger partial charge in [-0.1, -0.05) is 140 Å². The van der Waals surface area contributed by atoms with Crippen LogP contribution in [0.5, 0.6) is 0 Å². The van der Waals surface area contributed by atoms with E-state index >= 15 is 0 Å². The molecule has 1 atom stereocenters. The summed E-state index contributed by atoms with van der Waals surface area (Å²) in [6.45, 7) is -0.423. The van der Waals surface area contributed by atoms with Crippen molar-refractivity contribution in [1.29, 1.82) is 0 Å². The van der Waals surface area contributed by atoms with Crippen molar-refractivity contribution in [2.45, 2.75) is 23.9 Å². The van der Waals surface area contributed by atoms with Crippen molar-refractivity contribution >= 4 is 12.0 Å². The smallest absolute Gasteiger partial charge is 0.411 e. The summed E-state index contributed by atoms with van der Waals surface area (Å²) in [6.07, 6.45) is -0.918. The van der Waals surface area contributed by atoms with E-state index in [0.29, 0.717) is 0 Å². The lowest BCUT2D eigenvalue weighted by Gasteiger charge is -2.48. The third-order valence-corrected chi connectivity index (χ3v) is 8.48. The first-order chi connectivity index (χ1) is 21.6. The number of hydrogen-bond acceptors (Lipinski definition) is 4. The van der Waals surface area contributed by atoms with E-state index in [1.54, 1.807) is 0 Å². The van der Waals surface area contributed by atoms with E-state index < -0.39 is 30.2 Å². The predicted octanol–water partition coefficient (Wildman–Crippen LogP) is 6.47. The van der Waals surface area contributed by atoms with Crippen LogP contribution in [-0.4, -0.2) is 41.3 Å². The highest BCUT2D eigenvalue weighted by molar-refractivity contribution is 5.80. The minimum absolute atomic E-state index is 0.0759. The van der Waals surface area contributed by atoms with Crippen molar-refractivity contribution < 1.29 is 19.4 Å². The zero-order valence-electron chi connectivity index (χ0n) is 24.3. The summed E-state index contributed by atoms with van der Waals surface area (Å²) in [5.41, 5.74) is 11.2. The van der Waals surface area contributed by atoms with Crippen LogP contribution >= 0.6 is 0 Å². The Balaban J connectivity index is 1.51. The first-order valence-electron chi connectivity index (χ1n) is 14.8. The molecule has 0 spiro atoms. The number of carbonyl (C=O) groups is 2. The maximum absolute atomic E-state index is 14.7. The van der Waals surface area contributed by atoms with Crippen molar-refractivity contribution in [1.82, 2.24) is 4.90 Å². The Hall–Kier alpha value is -5.20. The van der Waals surface area contributed by atoms with Gasteiger partial charge < -0.3 is 15.6 Å². The van der Waals surface area contributed by atoms with Gasteiger partial charge in [0.15, 0.2) is 0 Å². The molecule has 1 aliphatic carbocycles. The van der Waals surface area contributed by atoms with E-state index in [2.05, 4.69) is 24.3 Å². The number of rotatable bonds is 10. The maximum Gasteiger partial charge on any atom is 0.411 e. The normalized spacial score (nSPS) is 13.0. The number of nitrogens with two attached hydrogens (primary N) is 1. The van der Waals surface area contributed by atoms with E-state index in [-0.39, 0.29) is 18.9 Å². The van der Waals surface area contributed by atoms with Crippen LogP contribution in [-0.2, 0) is 15.1 Å². The molecule has 1 aliphatic rings. The summed E-state index contributed by atoms with van der Waals surface area (Å²) in [7, 11) is 0. The Morgan fingerprint density at radius 1 is 0.682 bits per heavy atom. The topological polar surface area (TPSA) is 92.9 Å². The molecule has 6 heteroatoms. The minimum Gasteiger partial charge on any atom is -0.448 e. The van der Waals surface area contributed by atoms with Crippen molar-refractivity contribution in [3.8, 4) is 11.1 Å². The van der Waals surface area contributed by atoms with E-state index in [4.69, 9.17) is 10.5 Å². The number of aliphatic hydroxyl groups excluding tert-OH is 1.